The van der Waals surface area contributed by atoms with Gasteiger partial charge in [0.15, 0.2) is 0 Å². The summed E-state index contributed by atoms with van der Waals surface area (Å²) in [6.45, 7) is 2.39. The van der Waals surface area contributed by atoms with Gasteiger partial charge in [0.05, 0.1) is 7.11 Å². The van der Waals surface area contributed by atoms with E-state index in [0.717, 1.165) is 28.5 Å². The number of allylic oxidation sites excluding steroid dienone is 2. The number of aryl methyl sites for hydroxylation is 1. The third-order valence-electron chi connectivity index (χ3n) is 6.42. The van der Waals surface area contributed by atoms with Gasteiger partial charge in [-0.2, -0.15) is 0 Å². The van der Waals surface area contributed by atoms with Crippen LogP contribution in [0.3, 0.4) is 0 Å². The molecule has 3 aliphatic rings. The van der Waals surface area contributed by atoms with Gasteiger partial charge in [0.25, 0.3) is 0 Å². The van der Waals surface area contributed by atoms with E-state index >= 15 is 0 Å². The Balaban J connectivity index is 1.69. The van der Waals surface area contributed by atoms with Gasteiger partial charge in [0.1, 0.15) is 5.75 Å². The van der Waals surface area contributed by atoms with Crippen molar-refractivity contribution in [3.8, 4) is 5.75 Å². The first-order chi connectivity index (χ1) is 10.1. The van der Waals surface area contributed by atoms with Crippen LogP contribution in [0.1, 0.15) is 49.7 Å². The largest absolute Gasteiger partial charge is 0.497 e. The monoisotopic (exact) mass is 302 g/mol. The van der Waals surface area contributed by atoms with Crippen LogP contribution in [0.4, 0.5) is 0 Å². The van der Waals surface area contributed by atoms with Gasteiger partial charge in [0, 0.05) is 10.4 Å². The van der Waals surface area contributed by atoms with Crippen LogP contribution in [0.15, 0.2) is 29.3 Å². The molecule has 1 saturated carbocycles. The lowest BCUT2D eigenvalue weighted by Crippen LogP contribution is -2.40. The molecule has 4 atom stereocenters. The Labute approximate surface area is 132 Å². The number of benzene rings is 1. The second kappa shape index (κ2) is 4.78. The van der Waals surface area contributed by atoms with E-state index in [2.05, 4.69) is 31.2 Å². The van der Waals surface area contributed by atoms with E-state index in [1.54, 1.807) is 12.7 Å². The van der Waals surface area contributed by atoms with Crippen molar-refractivity contribution in [2.75, 3.05) is 7.11 Å². The highest BCUT2D eigenvalue weighted by Gasteiger charge is 2.51. The molecule has 0 amide bonds. The zero-order chi connectivity index (χ0) is 14.6. The van der Waals surface area contributed by atoms with E-state index in [-0.39, 0.29) is 5.41 Å². The van der Waals surface area contributed by atoms with Gasteiger partial charge >= 0.3 is 0 Å². The molecule has 112 valence electrons. The number of ether oxygens (including phenoxy) is 1. The summed E-state index contributed by atoms with van der Waals surface area (Å²) in [6, 6.07) is 6.70. The van der Waals surface area contributed by atoms with Crippen LogP contribution in [0.5, 0.6) is 5.75 Å². The maximum absolute atomic E-state index is 6.54. The van der Waals surface area contributed by atoms with Crippen LogP contribution in [-0.4, -0.2) is 7.11 Å². The molecule has 0 N–H and O–H groups in total. The van der Waals surface area contributed by atoms with Gasteiger partial charge in [-0.25, -0.2) is 0 Å². The average Bonchev–Trinajstić information content (AvgIpc) is 2.82. The second-order valence-electron chi connectivity index (χ2n) is 7.22. The normalized spacial score (nSPS) is 37.3. The topological polar surface area (TPSA) is 9.23 Å². The van der Waals surface area contributed by atoms with Gasteiger partial charge in [-0.3, -0.25) is 0 Å². The summed E-state index contributed by atoms with van der Waals surface area (Å²) in [4.78, 5) is 0. The minimum absolute atomic E-state index is 0.257. The molecule has 0 saturated heterocycles. The first-order valence-corrected chi connectivity index (χ1v) is 8.54. The molecule has 4 rings (SSSR count). The van der Waals surface area contributed by atoms with Crippen molar-refractivity contribution in [2.24, 2.45) is 17.3 Å². The van der Waals surface area contributed by atoms with Crippen molar-refractivity contribution in [1.82, 2.24) is 0 Å². The first kappa shape index (κ1) is 13.7. The Morgan fingerprint density at radius 2 is 2.14 bits per heavy atom. The lowest BCUT2D eigenvalue weighted by atomic mass is 9.55. The molecule has 0 aromatic heterocycles. The fourth-order valence-electron chi connectivity index (χ4n) is 5.20. The highest BCUT2D eigenvalue weighted by molar-refractivity contribution is 6.30. The van der Waals surface area contributed by atoms with Crippen LogP contribution in [-0.2, 0) is 6.42 Å². The van der Waals surface area contributed by atoms with Gasteiger partial charge in [-0.1, -0.05) is 30.7 Å². The summed E-state index contributed by atoms with van der Waals surface area (Å²) in [6.07, 6.45) is 8.49. The molecule has 1 aromatic rings. The maximum Gasteiger partial charge on any atom is 0.119 e. The third kappa shape index (κ3) is 1.90. The van der Waals surface area contributed by atoms with Gasteiger partial charge in [-0.15, -0.1) is 0 Å². The van der Waals surface area contributed by atoms with Gasteiger partial charge < -0.3 is 4.74 Å². The van der Waals surface area contributed by atoms with Crippen LogP contribution in [0, 0.1) is 17.3 Å². The molecule has 0 unspecified atom stereocenters. The van der Waals surface area contributed by atoms with Gasteiger partial charge in [0.2, 0.25) is 0 Å². The highest BCUT2D eigenvalue weighted by Crippen LogP contribution is 2.61. The molecule has 2 heteroatoms. The molecular formula is C19H23ClO. The van der Waals surface area contributed by atoms with E-state index in [9.17, 15) is 0 Å². The quantitative estimate of drug-likeness (QED) is 0.685. The Hall–Kier alpha value is -0.950. The summed E-state index contributed by atoms with van der Waals surface area (Å²) < 4.78 is 5.39. The third-order valence-corrected chi connectivity index (χ3v) is 7.01. The summed E-state index contributed by atoms with van der Waals surface area (Å²) >= 11 is 6.54. The number of rotatable bonds is 1. The standard InChI is InChI=1S/C19H23ClO/c1-19-10-9-15-14-6-4-13(21-2)11-12(14)3-5-16(15)17(19)7-8-18(19)20/h4,6,8,11,15-17H,3,5,7,9-10H2,1-2H3/t15-,16-,17+,19+/m1/s1. The number of methoxy groups -OCH3 is 1. The van der Waals surface area contributed by atoms with Gasteiger partial charge in [-0.05, 0) is 73.1 Å². The fraction of sp³-hybridized carbons (Fsp3) is 0.579. The minimum atomic E-state index is 0.257. The van der Waals surface area contributed by atoms with E-state index in [0.29, 0.717) is 0 Å². The van der Waals surface area contributed by atoms with Crippen molar-refractivity contribution in [1.29, 1.82) is 0 Å². The fourth-order valence-corrected chi connectivity index (χ4v) is 5.52. The molecule has 1 nitrogen and oxygen atoms in total. The zero-order valence-corrected chi connectivity index (χ0v) is 13.6. The number of hydrogen-bond donors (Lipinski definition) is 0. The minimum Gasteiger partial charge on any atom is -0.497 e. The molecule has 0 bridgehead atoms. The van der Waals surface area contributed by atoms with E-state index in [4.69, 9.17) is 16.3 Å². The van der Waals surface area contributed by atoms with E-state index in [1.165, 1.54) is 37.7 Å². The van der Waals surface area contributed by atoms with Crippen LogP contribution < -0.4 is 4.74 Å². The van der Waals surface area contributed by atoms with Crippen LogP contribution in [0.25, 0.3) is 0 Å². The summed E-state index contributed by atoms with van der Waals surface area (Å²) in [7, 11) is 1.76. The zero-order valence-electron chi connectivity index (χ0n) is 12.9. The Kier molecular flexibility index (Phi) is 3.11. The predicted molar refractivity (Wildman–Crippen MR) is 86.9 cm³/mol. The lowest BCUT2D eigenvalue weighted by molar-refractivity contribution is 0.0798. The molecule has 0 heterocycles. The van der Waals surface area contributed by atoms with E-state index in [1.807, 2.05) is 0 Å². The summed E-state index contributed by atoms with van der Waals surface area (Å²) in [5.41, 5.74) is 3.35. The highest BCUT2D eigenvalue weighted by atomic mass is 35.5. The molecule has 0 radical (unpaired) electrons. The molecular weight excluding hydrogens is 280 g/mol. The van der Waals surface area contributed by atoms with Crippen molar-refractivity contribution < 1.29 is 4.74 Å². The number of hydrogen-bond acceptors (Lipinski definition) is 1. The molecule has 0 aliphatic heterocycles. The average molecular weight is 303 g/mol. The van der Waals surface area contributed by atoms with E-state index < -0.39 is 0 Å². The first-order valence-electron chi connectivity index (χ1n) is 8.16. The second-order valence-corrected chi connectivity index (χ2v) is 7.63. The van der Waals surface area contributed by atoms with Crippen molar-refractivity contribution in [3.63, 3.8) is 0 Å². The molecule has 1 aromatic carbocycles. The Bertz CT molecular complexity index is 606. The molecule has 0 spiro atoms. The smallest absolute Gasteiger partial charge is 0.119 e. The summed E-state index contributed by atoms with van der Waals surface area (Å²) in [5, 5.41) is 1.13. The molecule has 21 heavy (non-hydrogen) atoms. The lowest BCUT2D eigenvalue weighted by Gasteiger charge is -2.49. The van der Waals surface area contributed by atoms with Crippen LogP contribution in [0.2, 0.25) is 0 Å². The Morgan fingerprint density at radius 3 is 2.95 bits per heavy atom. The maximum atomic E-state index is 6.54. The number of fused-ring (bicyclic) bond motifs is 5. The SMILES string of the molecule is COc1ccc2c(c1)CC[C@@H]1[C@@H]2CC[C@]2(C)C(Cl)=CC[C@@H]12. The van der Waals surface area contributed by atoms with Crippen LogP contribution >= 0.6 is 11.6 Å². The molecule has 1 fully saturated rings. The number of halogens is 1. The van der Waals surface area contributed by atoms with Crippen molar-refractivity contribution in [3.05, 3.63) is 40.4 Å². The van der Waals surface area contributed by atoms with Crippen molar-refractivity contribution >= 4 is 11.6 Å². The predicted octanol–water partition coefficient (Wildman–Crippen LogP) is 5.28. The van der Waals surface area contributed by atoms with Crippen molar-refractivity contribution in [2.45, 2.75) is 44.9 Å². The molecule has 3 aliphatic carbocycles. The Morgan fingerprint density at radius 1 is 1.29 bits per heavy atom. The summed E-state index contributed by atoms with van der Waals surface area (Å²) in [5.74, 6) is 3.28.